The average Bonchev–Trinajstić information content (AvgIpc) is 3.14. The van der Waals surface area contributed by atoms with Gasteiger partial charge in [-0.25, -0.2) is 0 Å². The molecular weight excluding hydrogens is 220 g/mol. The van der Waals surface area contributed by atoms with E-state index < -0.39 is 0 Å². The Morgan fingerprint density at radius 3 is 2.22 bits per heavy atom. The van der Waals surface area contributed by atoms with Crippen molar-refractivity contribution in [2.75, 3.05) is 13.6 Å². The molecule has 0 heterocycles. The van der Waals surface area contributed by atoms with Gasteiger partial charge >= 0.3 is 0 Å². The van der Waals surface area contributed by atoms with Crippen molar-refractivity contribution in [2.45, 2.75) is 65.0 Å². The van der Waals surface area contributed by atoms with Crippen LogP contribution in [0.3, 0.4) is 0 Å². The second kappa shape index (κ2) is 5.92. The zero-order valence-corrected chi connectivity index (χ0v) is 12.7. The first-order valence-corrected chi connectivity index (χ1v) is 7.94. The number of hydrogen-bond acceptors (Lipinski definition) is 2. The van der Waals surface area contributed by atoms with Crippen molar-refractivity contribution in [3.8, 4) is 0 Å². The molecule has 0 bridgehead atoms. The number of nitrogens with zero attached hydrogens (tertiary/aromatic N) is 1. The Labute approximate surface area is 113 Å². The Bertz CT molecular complexity index is 260. The van der Waals surface area contributed by atoms with Crippen LogP contribution in [0.2, 0.25) is 0 Å². The van der Waals surface area contributed by atoms with Crippen LogP contribution in [0.15, 0.2) is 0 Å². The monoisotopic (exact) mass is 252 g/mol. The van der Waals surface area contributed by atoms with E-state index >= 15 is 0 Å². The predicted molar refractivity (Wildman–Crippen MR) is 78.5 cm³/mol. The van der Waals surface area contributed by atoms with Crippen molar-refractivity contribution in [3.63, 3.8) is 0 Å². The van der Waals surface area contributed by atoms with Gasteiger partial charge < -0.3 is 10.6 Å². The third-order valence-corrected chi connectivity index (χ3v) is 5.55. The van der Waals surface area contributed by atoms with Crippen LogP contribution in [0.5, 0.6) is 0 Å². The van der Waals surface area contributed by atoms with E-state index in [4.69, 9.17) is 5.73 Å². The highest BCUT2D eigenvalue weighted by molar-refractivity contribution is 4.89. The minimum Gasteiger partial charge on any atom is -0.327 e. The maximum absolute atomic E-state index is 6.35. The van der Waals surface area contributed by atoms with Crippen LogP contribution in [-0.2, 0) is 0 Å². The van der Waals surface area contributed by atoms with E-state index in [-0.39, 0.29) is 0 Å². The van der Waals surface area contributed by atoms with E-state index in [9.17, 15) is 0 Å². The van der Waals surface area contributed by atoms with Gasteiger partial charge in [-0.15, -0.1) is 0 Å². The number of rotatable bonds is 5. The lowest BCUT2D eigenvalue weighted by atomic mass is 9.73. The predicted octanol–water partition coefficient (Wildman–Crippen LogP) is 3.12. The summed E-state index contributed by atoms with van der Waals surface area (Å²) in [4.78, 5) is 2.57. The highest BCUT2D eigenvalue weighted by Gasteiger charge is 2.34. The molecule has 106 valence electrons. The van der Waals surface area contributed by atoms with Crippen LogP contribution in [-0.4, -0.2) is 30.6 Å². The number of nitrogens with two attached hydrogens (primary N) is 1. The molecule has 0 aromatic heterocycles. The smallest absolute Gasteiger partial charge is 0.00922 e. The van der Waals surface area contributed by atoms with Gasteiger partial charge in [0.05, 0.1) is 0 Å². The first-order chi connectivity index (χ1) is 8.49. The molecule has 0 spiro atoms. The van der Waals surface area contributed by atoms with E-state index in [0.717, 1.165) is 29.7 Å². The third-order valence-electron chi connectivity index (χ3n) is 5.55. The topological polar surface area (TPSA) is 29.3 Å². The van der Waals surface area contributed by atoms with Gasteiger partial charge in [-0.3, -0.25) is 0 Å². The van der Waals surface area contributed by atoms with Crippen molar-refractivity contribution in [2.24, 2.45) is 29.4 Å². The van der Waals surface area contributed by atoms with Gasteiger partial charge in [-0.2, -0.15) is 0 Å². The van der Waals surface area contributed by atoms with Gasteiger partial charge in [-0.1, -0.05) is 13.8 Å². The molecule has 0 saturated heterocycles. The molecule has 2 aliphatic carbocycles. The van der Waals surface area contributed by atoms with E-state index in [1.54, 1.807) is 0 Å². The summed E-state index contributed by atoms with van der Waals surface area (Å²) in [6.45, 7) is 8.35. The van der Waals surface area contributed by atoms with Gasteiger partial charge in [0, 0.05) is 18.6 Å². The standard InChI is InChI=1S/C16H32N2/c1-11(2)14-7-8-16(17)15(9-14)10-18(4)12(3)13-5-6-13/h11-16H,5-10,17H2,1-4H3. The van der Waals surface area contributed by atoms with E-state index in [1.165, 1.54) is 38.6 Å². The molecule has 2 nitrogen and oxygen atoms in total. The highest BCUT2D eigenvalue weighted by Crippen LogP contribution is 2.37. The summed E-state index contributed by atoms with van der Waals surface area (Å²) in [5.74, 6) is 3.42. The summed E-state index contributed by atoms with van der Waals surface area (Å²) in [6.07, 6.45) is 6.81. The fourth-order valence-electron chi connectivity index (χ4n) is 3.61. The third kappa shape index (κ3) is 3.48. The lowest BCUT2D eigenvalue weighted by Gasteiger charge is -2.39. The largest absolute Gasteiger partial charge is 0.327 e. The molecule has 2 aliphatic rings. The maximum atomic E-state index is 6.35. The molecule has 0 aliphatic heterocycles. The zero-order chi connectivity index (χ0) is 13.3. The Morgan fingerprint density at radius 2 is 1.67 bits per heavy atom. The fraction of sp³-hybridized carbons (Fsp3) is 1.00. The van der Waals surface area contributed by atoms with Crippen LogP contribution in [0.25, 0.3) is 0 Å². The average molecular weight is 252 g/mol. The minimum atomic E-state index is 0.439. The van der Waals surface area contributed by atoms with Gasteiger partial charge in [0.15, 0.2) is 0 Å². The molecular formula is C16H32N2. The van der Waals surface area contributed by atoms with Crippen LogP contribution in [0.1, 0.15) is 52.9 Å². The first-order valence-electron chi connectivity index (χ1n) is 7.94. The molecule has 0 radical (unpaired) electrons. The molecule has 18 heavy (non-hydrogen) atoms. The molecule has 2 fully saturated rings. The van der Waals surface area contributed by atoms with Crippen molar-refractivity contribution in [3.05, 3.63) is 0 Å². The molecule has 2 rings (SSSR count). The zero-order valence-electron chi connectivity index (χ0n) is 12.7. The molecule has 2 heteroatoms. The van der Waals surface area contributed by atoms with Crippen LogP contribution in [0.4, 0.5) is 0 Å². The number of hydrogen-bond donors (Lipinski definition) is 1. The van der Waals surface area contributed by atoms with Crippen molar-refractivity contribution in [1.29, 1.82) is 0 Å². The van der Waals surface area contributed by atoms with Crippen LogP contribution >= 0.6 is 0 Å². The Morgan fingerprint density at radius 1 is 1.06 bits per heavy atom. The quantitative estimate of drug-likeness (QED) is 0.814. The van der Waals surface area contributed by atoms with Crippen molar-refractivity contribution >= 4 is 0 Å². The molecule has 4 unspecified atom stereocenters. The molecule has 4 atom stereocenters. The van der Waals surface area contributed by atoms with Crippen molar-refractivity contribution in [1.82, 2.24) is 4.90 Å². The Balaban J connectivity index is 1.85. The summed E-state index contributed by atoms with van der Waals surface area (Å²) >= 11 is 0. The summed E-state index contributed by atoms with van der Waals surface area (Å²) in [7, 11) is 2.30. The molecule has 2 N–H and O–H groups in total. The summed E-state index contributed by atoms with van der Waals surface area (Å²) in [5.41, 5.74) is 6.35. The second-order valence-corrected chi connectivity index (χ2v) is 7.26. The van der Waals surface area contributed by atoms with E-state index in [1.807, 2.05) is 0 Å². The van der Waals surface area contributed by atoms with Gasteiger partial charge in [0.1, 0.15) is 0 Å². The fourth-order valence-corrected chi connectivity index (χ4v) is 3.61. The summed E-state index contributed by atoms with van der Waals surface area (Å²) in [6, 6.07) is 1.20. The van der Waals surface area contributed by atoms with E-state index in [0.29, 0.717) is 6.04 Å². The first kappa shape index (κ1) is 14.3. The summed E-state index contributed by atoms with van der Waals surface area (Å²) in [5, 5.41) is 0. The lowest BCUT2D eigenvalue weighted by molar-refractivity contribution is 0.125. The highest BCUT2D eigenvalue weighted by atomic mass is 15.1. The van der Waals surface area contributed by atoms with Gasteiger partial charge in [0.2, 0.25) is 0 Å². The second-order valence-electron chi connectivity index (χ2n) is 7.26. The molecule has 0 amide bonds. The lowest BCUT2D eigenvalue weighted by Crippen LogP contribution is -2.45. The Hall–Kier alpha value is -0.0800. The normalized spacial score (nSPS) is 35.2. The van der Waals surface area contributed by atoms with Crippen LogP contribution in [0, 0.1) is 23.7 Å². The van der Waals surface area contributed by atoms with Gasteiger partial charge in [0.25, 0.3) is 0 Å². The molecule has 0 aromatic carbocycles. The van der Waals surface area contributed by atoms with Crippen LogP contribution < -0.4 is 5.73 Å². The molecule has 0 aromatic rings. The SMILES string of the molecule is CC(C)C1CCC(N)C(CN(C)C(C)C2CC2)C1. The maximum Gasteiger partial charge on any atom is 0.00922 e. The Kier molecular flexibility index (Phi) is 4.71. The summed E-state index contributed by atoms with van der Waals surface area (Å²) < 4.78 is 0. The van der Waals surface area contributed by atoms with Gasteiger partial charge in [-0.05, 0) is 69.7 Å². The molecule has 2 saturated carbocycles. The minimum absolute atomic E-state index is 0.439. The van der Waals surface area contributed by atoms with Crippen molar-refractivity contribution < 1.29 is 0 Å². The van der Waals surface area contributed by atoms with E-state index in [2.05, 4.69) is 32.7 Å².